The van der Waals surface area contributed by atoms with E-state index in [1.54, 1.807) is 7.05 Å². The number of nitrogens with two attached hydrogens (primary N) is 1. The van der Waals surface area contributed by atoms with Gasteiger partial charge < -0.3 is 11.1 Å². The van der Waals surface area contributed by atoms with E-state index in [0.717, 1.165) is 5.56 Å². The number of primary amides is 1. The van der Waals surface area contributed by atoms with E-state index in [-0.39, 0.29) is 12.0 Å². The Morgan fingerprint density at radius 3 is 2.38 bits per heavy atom. The van der Waals surface area contributed by atoms with Crippen molar-refractivity contribution in [2.24, 2.45) is 12.8 Å². The number of nitrogens with zero attached hydrogens (tertiary/aromatic N) is 2. The molecule has 2 aromatic carbocycles. The number of Topliss-reactive ketones (excluding diaryl/α,β-unsaturated/α-hetero) is 1. The number of nitrogens with one attached hydrogen (secondary N) is 1. The van der Waals surface area contributed by atoms with Gasteiger partial charge in [0.15, 0.2) is 0 Å². The second-order valence-electron chi connectivity index (χ2n) is 6.52. The molecule has 0 bridgehead atoms. The summed E-state index contributed by atoms with van der Waals surface area (Å²) in [6.07, 6.45) is 1.52. The Morgan fingerprint density at radius 2 is 1.76 bits per heavy atom. The summed E-state index contributed by atoms with van der Waals surface area (Å²) in [5.41, 5.74) is 7.13. The standard InChI is InChI=1S/C21H19FN4O3/c1-26-12-16(18(25-26)14-5-3-2-4-6-14)21(29)24-17(19(27)20(23)28)11-13-7-9-15(22)10-8-13/h2-10,12,17H,11H2,1H3,(H2,23,28)(H,24,29)/t17-/m0/s1. The molecule has 148 valence electrons. The van der Waals surface area contributed by atoms with E-state index in [2.05, 4.69) is 10.4 Å². The number of carbonyl (C=O) groups excluding carboxylic acids is 3. The summed E-state index contributed by atoms with van der Waals surface area (Å²) >= 11 is 0. The van der Waals surface area contributed by atoms with Crippen LogP contribution in [0.2, 0.25) is 0 Å². The zero-order valence-corrected chi connectivity index (χ0v) is 15.6. The Balaban J connectivity index is 1.88. The van der Waals surface area contributed by atoms with Crippen LogP contribution in [0.3, 0.4) is 0 Å². The van der Waals surface area contributed by atoms with Gasteiger partial charge in [-0.05, 0) is 17.7 Å². The molecule has 0 radical (unpaired) electrons. The molecule has 0 aliphatic heterocycles. The molecule has 2 amide bonds. The van der Waals surface area contributed by atoms with Gasteiger partial charge in [0.05, 0.1) is 5.56 Å². The van der Waals surface area contributed by atoms with Gasteiger partial charge in [0.1, 0.15) is 17.6 Å². The van der Waals surface area contributed by atoms with E-state index in [9.17, 15) is 18.8 Å². The van der Waals surface area contributed by atoms with Crippen LogP contribution < -0.4 is 11.1 Å². The number of benzene rings is 2. The van der Waals surface area contributed by atoms with Crippen LogP contribution in [0.15, 0.2) is 60.8 Å². The highest BCUT2D eigenvalue weighted by atomic mass is 19.1. The van der Waals surface area contributed by atoms with Crippen molar-refractivity contribution in [3.63, 3.8) is 0 Å². The van der Waals surface area contributed by atoms with Crippen LogP contribution in [0.1, 0.15) is 15.9 Å². The Bertz CT molecular complexity index is 1050. The third-order valence-electron chi connectivity index (χ3n) is 4.34. The Kier molecular flexibility index (Phi) is 5.82. The summed E-state index contributed by atoms with van der Waals surface area (Å²) < 4.78 is 14.6. The molecule has 0 spiro atoms. The van der Waals surface area contributed by atoms with Crippen molar-refractivity contribution in [2.75, 3.05) is 0 Å². The first kappa shape index (κ1) is 19.9. The molecule has 1 heterocycles. The molecule has 3 rings (SSSR count). The lowest BCUT2D eigenvalue weighted by molar-refractivity contribution is -0.137. The fraction of sp³-hybridized carbons (Fsp3) is 0.143. The van der Waals surface area contributed by atoms with E-state index in [1.165, 1.54) is 35.1 Å². The maximum atomic E-state index is 13.1. The summed E-state index contributed by atoms with van der Waals surface area (Å²) in [7, 11) is 1.67. The monoisotopic (exact) mass is 394 g/mol. The summed E-state index contributed by atoms with van der Waals surface area (Å²) in [4.78, 5) is 36.6. The lowest BCUT2D eigenvalue weighted by Gasteiger charge is -2.16. The van der Waals surface area contributed by atoms with Crippen molar-refractivity contribution in [1.82, 2.24) is 15.1 Å². The van der Waals surface area contributed by atoms with Gasteiger partial charge in [-0.2, -0.15) is 5.10 Å². The van der Waals surface area contributed by atoms with Gasteiger partial charge in [-0.1, -0.05) is 42.5 Å². The van der Waals surface area contributed by atoms with Gasteiger partial charge in [0.2, 0.25) is 5.78 Å². The van der Waals surface area contributed by atoms with Crippen molar-refractivity contribution < 1.29 is 18.8 Å². The van der Waals surface area contributed by atoms with Gasteiger partial charge in [0, 0.05) is 25.2 Å². The lowest BCUT2D eigenvalue weighted by Crippen LogP contribution is -2.47. The predicted molar refractivity (Wildman–Crippen MR) is 104 cm³/mol. The third kappa shape index (κ3) is 4.73. The largest absolute Gasteiger partial charge is 0.363 e. The number of aromatic nitrogens is 2. The molecule has 29 heavy (non-hydrogen) atoms. The number of hydrogen-bond acceptors (Lipinski definition) is 4. The van der Waals surface area contributed by atoms with Crippen molar-refractivity contribution >= 4 is 17.6 Å². The van der Waals surface area contributed by atoms with Gasteiger partial charge in [0.25, 0.3) is 11.8 Å². The zero-order valence-electron chi connectivity index (χ0n) is 15.6. The average molecular weight is 394 g/mol. The van der Waals surface area contributed by atoms with Gasteiger partial charge in [-0.25, -0.2) is 4.39 Å². The summed E-state index contributed by atoms with van der Waals surface area (Å²) in [6.45, 7) is 0. The van der Waals surface area contributed by atoms with Crippen LogP contribution in [0.5, 0.6) is 0 Å². The van der Waals surface area contributed by atoms with Crippen molar-refractivity contribution in [2.45, 2.75) is 12.5 Å². The molecule has 0 saturated carbocycles. The molecule has 3 aromatic rings. The first-order valence-electron chi connectivity index (χ1n) is 8.83. The summed E-state index contributed by atoms with van der Waals surface area (Å²) in [6, 6.07) is 13.3. The summed E-state index contributed by atoms with van der Waals surface area (Å²) in [5, 5.41) is 6.89. The molecule has 0 saturated heterocycles. The maximum Gasteiger partial charge on any atom is 0.287 e. The highest BCUT2D eigenvalue weighted by Gasteiger charge is 2.27. The number of amides is 2. The highest BCUT2D eigenvalue weighted by molar-refractivity contribution is 6.38. The molecule has 1 atom stereocenters. The van der Waals surface area contributed by atoms with Gasteiger partial charge in [-0.15, -0.1) is 0 Å². The number of hydrogen-bond donors (Lipinski definition) is 2. The van der Waals surface area contributed by atoms with Crippen molar-refractivity contribution in [3.05, 3.63) is 77.7 Å². The maximum absolute atomic E-state index is 13.1. The Labute approximate surface area is 166 Å². The minimum atomic E-state index is -1.19. The predicted octanol–water partition coefficient (Wildman–Crippen LogP) is 1.62. The quantitative estimate of drug-likeness (QED) is 0.594. The normalized spacial score (nSPS) is 11.7. The fourth-order valence-corrected chi connectivity index (χ4v) is 2.94. The second-order valence-corrected chi connectivity index (χ2v) is 6.52. The molecule has 8 heteroatoms. The topological polar surface area (TPSA) is 107 Å². The first-order valence-corrected chi connectivity index (χ1v) is 8.83. The molecule has 7 nitrogen and oxygen atoms in total. The smallest absolute Gasteiger partial charge is 0.287 e. The van der Waals surface area contributed by atoms with Crippen molar-refractivity contribution in [1.29, 1.82) is 0 Å². The number of aryl methyl sites for hydroxylation is 1. The number of halogens is 1. The molecule has 0 aliphatic rings. The van der Waals surface area contributed by atoms with Crippen LogP contribution in [0.25, 0.3) is 11.3 Å². The molecule has 0 unspecified atom stereocenters. The first-order chi connectivity index (χ1) is 13.8. The minimum absolute atomic E-state index is 0.00523. The third-order valence-corrected chi connectivity index (χ3v) is 4.34. The van der Waals surface area contributed by atoms with E-state index in [0.29, 0.717) is 11.3 Å². The molecule has 0 fully saturated rings. The Morgan fingerprint density at radius 1 is 1.10 bits per heavy atom. The second kappa shape index (κ2) is 8.47. The molecular formula is C21H19FN4O3. The number of rotatable bonds is 7. The highest BCUT2D eigenvalue weighted by Crippen LogP contribution is 2.21. The van der Waals surface area contributed by atoms with Crippen LogP contribution in [-0.2, 0) is 23.1 Å². The Hall–Kier alpha value is -3.81. The van der Waals surface area contributed by atoms with E-state index in [1.807, 2.05) is 30.3 Å². The van der Waals surface area contributed by atoms with Crippen LogP contribution in [0.4, 0.5) is 4.39 Å². The fourth-order valence-electron chi connectivity index (χ4n) is 2.94. The molecule has 0 aliphatic carbocycles. The molecule has 3 N–H and O–H groups in total. The van der Waals surface area contributed by atoms with Crippen molar-refractivity contribution in [3.8, 4) is 11.3 Å². The van der Waals surface area contributed by atoms with E-state index in [4.69, 9.17) is 5.73 Å². The molecule has 1 aromatic heterocycles. The number of carbonyl (C=O) groups is 3. The average Bonchev–Trinajstić information content (AvgIpc) is 3.11. The SMILES string of the molecule is Cn1cc(C(=O)N[C@@H](Cc2ccc(F)cc2)C(=O)C(N)=O)c(-c2ccccc2)n1. The van der Waals surface area contributed by atoms with Crippen LogP contribution in [-0.4, -0.2) is 33.4 Å². The lowest BCUT2D eigenvalue weighted by atomic mass is 10.0. The van der Waals surface area contributed by atoms with Gasteiger partial charge >= 0.3 is 0 Å². The van der Waals surface area contributed by atoms with Crippen LogP contribution >= 0.6 is 0 Å². The molecular weight excluding hydrogens is 375 g/mol. The van der Waals surface area contributed by atoms with E-state index < -0.39 is 29.5 Å². The minimum Gasteiger partial charge on any atom is -0.363 e. The summed E-state index contributed by atoms with van der Waals surface area (Å²) in [5.74, 6) is -3.10. The van der Waals surface area contributed by atoms with E-state index >= 15 is 0 Å². The zero-order chi connectivity index (χ0) is 21.0. The van der Waals surface area contributed by atoms with Gasteiger partial charge in [-0.3, -0.25) is 19.1 Å². The van der Waals surface area contributed by atoms with Crippen LogP contribution in [0, 0.1) is 5.82 Å². The number of ketones is 1.